The van der Waals surface area contributed by atoms with Crippen LogP contribution in [0.25, 0.3) is 80.7 Å². The number of hydrogen-bond acceptors (Lipinski definition) is 3. The van der Waals surface area contributed by atoms with E-state index in [1.807, 2.05) is 17.4 Å². The van der Waals surface area contributed by atoms with E-state index in [0.29, 0.717) is 0 Å². The van der Waals surface area contributed by atoms with E-state index >= 15 is 0 Å². The Morgan fingerprint density at radius 3 is 1.92 bits per heavy atom. The summed E-state index contributed by atoms with van der Waals surface area (Å²) in [6, 6.07) is 65.4. The molecular formula is C48H30N2OS. The number of furan rings is 1. The first kappa shape index (κ1) is 29.1. The first-order valence-corrected chi connectivity index (χ1v) is 18.4. The molecule has 3 heterocycles. The summed E-state index contributed by atoms with van der Waals surface area (Å²) in [5.41, 5.74) is 11.0. The van der Waals surface area contributed by atoms with Crippen LogP contribution < -0.4 is 4.90 Å². The maximum absolute atomic E-state index is 6.37. The molecule has 11 aromatic rings. The van der Waals surface area contributed by atoms with Crippen molar-refractivity contribution >= 4 is 92.3 Å². The van der Waals surface area contributed by atoms with Gasteiger partial charge >= 0.3 is 0 Å². The van der Waals surface area contributed by atoms with Gasteiger partial charge in [-0.1, -0.05) is 109 Å². The fraction of sp³-hybridized carbons (Fsp3) is 0. The molecule has 3 nitrogen and oxygen atoms in total. The van der Waals surface area contributed by atoms with Crippen LogP contribution in [-0.2, 0) is 0 Å². The van der Waals surface area contributed by atoms with Gasteiger partial charge in [-0.25, -0.2) is 0 Å². The van der Waals surface area contributed by atoms with Gasteiger partial charge in [0.15, 0.2) is 0 Å². The third-order valence-electron chi connectivity index (χ3n) is 10.4. The van der Waals surface area contributed by atoms with Crippen molar-refractivity contribution in [3.8, 4) is 16.8 Å². The number of thiophene rings is 1. The topological polar surface area (TPSA) is 21.3 Å². The van der Waals surface area contributed by atoms with Crippen molar-refractivity contribution in [2.24, 2.45) is 0 Å². The van der Waals surface area contributed by atoms with Gasteiger partial charge in [-0.05, 0) is 83.9 Å². The Hall–Kier alpha value is -6.62. The van der Waals surface area contributed by atoms with Crippen molar-refractivity contribution in [3.05, 3.63) is 182 Å². The third kappa shape index (κ3) is 4.38. The van der Waals surface area contributed by atoms with E-state index in [4.69, 9.17) is 4.42 Å². The number of hydrogen-bond donors (Lipinski definition) is 0. The summed E-state index contributed by atoms with van der Waals surface area (Å²) >= 11 is 1.86. The maximum atomic E-state index is 6.37. The lowest BCUT2D eigenvalue weighted by atomic mass is 10.0. The second kappa shape index (κ2) is 11.5. The number of nitrogens with zero attached hydrogens (tertiary/aromatic N) is 2. The first-order valence-electron chi connectivity index (χ1n) is 17.6. The zero-order chi connectivity index (χ0) is 34.2. The minimum atomic E-state index is 0.899. The lowest BCUT2D eigenvalue weighted by Gasteiger charge is -2.26. The minimum Gasteiger partial charge on any atom is -0.456 e. The molecule has 244 valence electrons. The smallest absolute Gasteiger partial charge is 0.137 e. The molecule has 0 saturated carbocycles. The highest BCUT2D eigenvalue weighted by molar-refractivity contribution is 7.26. The fourth-order valence-corrected chi connectivity index (χ4v) is 9.26. The predicted octanol–water partition coefficient (Wildman–Crippen LogP) is 14.2. The highest BCUT2D eigenvalue weighted by Crippen LogP contribution is 2.46. The van der Waals surface area contributed by atoms with E-state index in [-0.39, 0.29) is 0 Å². The Morgan fingerprint density at radius 2 is 1.10 bits per heavy atom. The molecule has 0 aliphatic rings. The molecule has 3 aromatic heterocycles. The van der Waals surface area contributed by atoms with Gasteiger partial charge in [0.2, 0.25) is 0 Å². The molecule has 0 saturated heterocycles. The first-order chi connectivity index (χ1) is 25.8. The molecule has 11 rings (SSSR count). The second-order valence-corrected chi connectivity index (χ2v) is 14.4. The lowest BCUT2D eigenvalue weighted by Crippen LogP contribution is -2.10. The van der Waals surface area contributed by atoms with Gasteiger partial charge < -0.3 is 13.9 Å². The maximum Gasteiger partial charge on any atom is 0.137 e. The van der Waals surface area contributed by atoms with Gasteiger partial charge in [0.1, 0.15) is 11.2 Å². The summed E-state index contributed by atoms with van der Waals surface area (Å²) < 4.78 is 11.3. The van der Waals surface area contributed by atoms with Gasteiger partial charge in [0.25, 0.3) is 0 Å². The van der Waals surface area contributed by atoms with Crippen LogP contribution in [0.1, 0.15) is 0 Å². The zero-order valence-electron chi connectivity index (χ0n) is 28.0. The summed E-state index contributed by atoms with van der Waals surface area (Å²) in [5, 5.41) is 7.29. The number of para-hydroxylation sites is 2. The molecule has 52 heavy (non-hydrogen) atoms. The van der Waals surface area contributed by atoms with E-state index in [2.05, 4.69) is 185 Å². The van der Waals surface area contributed by atoms with Crippen LogP contribution in [-0.4, -0.2) is 4.57 Å². The van der Waals surface area contributed by atoms with Crippen molar-refractivity contribution in [2.45, 2.75) is 0 Å². The molecule has 0 spiro atoms. The zero-order valence-corrected chi connectivity index (χ0v) is 28.8. The molecule has 8 aromatic carbocycles. The average Bonchev–Trinajstić information content (AvgIpc) is 3.89. The van der Waals surface area contributed by atoms with E-state index in [1.165, 1.54) is 58.8 Å². The van der Waals surface area contributed by atoms with E-state index in [0.717, 1.165) is 39.0 Å². The summed E-state index contributed by atoms with van der Waals surface area (Å²) in [7, 11) is 0. The van der Waals surface area contributed by atoms with Crippen LogP contribution in [0.15, 0.2) is 186 Å². The Kier molecular flexibility index (Phi) is 6.42. The predicted molar refractivity (Wildman–Crippen MR) is 221 cm³/mol. The normalized spacial score (nSPS) is 11.8. The van der Waals surface area contributed by atoms with Crippen molar-refractivity contribution < 1.29 is 4.42 Å². The molecule has 0 N–H and O–H groups in total. The highest BCUT2D eigenvalue weighted by atomic mass is 32.1. The van der Waals surface area contributed by atoms with Gasteiger partial charge in [-0.15, -0.1) is 11.3 Å². The van der Waals surface area contributed by atoms with Gasteiger partial charge in [-0.2, -0.15) is 0 Å². The van der Waals surface area contributed by atoms with E-state index < -0.39 is 0 Å². The van der Waals surface area contributed by atoms with Crippen molar-refractivity contribution in [3.63, 3.8) is 0 Å². The monoisotopic (exact) mass is 682 g/mol. The van der Waals surface area contributed by atoms with Crippen molar-refractivity contribution in [1.82, 2.24) is 4.57 Å². The molecule has 0 amide bonds. The second-order valence-electron chi connectivity index (χ2n) is 13.3. The lowest BCUT2D eigenvalue weighted by molar-refractivity contribution is 0.669. The molecule has 0 atom stereocenters. The fourth-order valence-electron chi connectivity index (χ4n) is 8.05. The number of benzene rings is 8. The molecule has 0 bridgehead atoms. The molecule has 0 unspecified atom stereocenters. The third-order valence-corrected chi connectivity index (χ3v) is 11.6. The van der Waals surface area contributed by atoms with Gasteiger partial charge in [0.05, 0.1) is 26.8 Å². The standard InChI is InChI=1S/C48H30N2OS/c1-2-11-31(12-3-1)32-21-23-33(24-22-32)49(42-18-10-16-39-37-14-6-9-20-45(37)52-48(39)42)34-25-27-35(28-26-34)50-41-17-7-4-13-36(41)38-29-30-44-46(47(38)50)40-15-5-8-19-43(40)51-44/h1-30H. The summed E-state index contributed by atoms with van der Waals surface area (Å²) in [6.45, 7) is 0. The molecule has 0 aliphatic carbocycles. The Balaban J connectivity index is 1.12. The van der Waals surface area contributed by atoms with E-state index in [9.17, 15) is 0 Å². The van der Waals surface area contributed by atoms with Crippen LogP contribution in [0.5, 0.6) is 0 Å². The molecular weight excluding hydrogens is 653 g/mol. The number of fused-ring (bicyclic) bond motifs is 10. The molecule has 0 fully saturated rings. The quantitative estimate of drug-likeness (QED) is 0.180. The van der Waals surface area contributed by atoms with Gasteiger partial charge in [0, 0.05) is 48.7 Å². The van der Waals surface area contributed by atoms with Gasteiger partial charge in [-0.3, -0.25) is 0 Å². The Labute approximate surface area is 303 Å². The number of rotatable bonds is 5. The summed E-state index contributed by atoms with van der Waals surface area (Å²) in [6.07, 6.45) is 0. The summed E-state index contributed by atoms with van der Waals surface area (Å²) in [5.74, 6) is 0. The van der Waals surface area contributed by atoms with Crippen molar-refractivity contribution in [1.29, 1.82) is 0 Å². The molecule has 0 aliphatic heterocycles. The van der Waals surface area contributed by atoms with Crippen LogP contribution in [0.4, 0.5) is 17.1 Å². The van der Waals surface area contributed by atoms with Crippen LogP contribution >= 0.6 is 11.3 Å². The SMILES string of the molecule is c1ccc(-c2ccc(N(c3ccc(-n4c5ccccc5c5ccc6oc7ccccc7c6c54)cc3)c3cccc4c3sc3ccccc34)cc2)cc1. The highest BCUT2D eigenvalue weighted by Gasteiger charge is 2.21. The van der Waals surface area contributed by atoms with E-state index in [1.54, 1.807) is 0 Å². The van der Waals surface area contributed by atoms with Crippen LogP contribution in [0.3, 0.4) is 0 Å². The largest absolute Gasteiger partial charge is 0.456 e. The Bertz CT molecular complexity index is 3110. The minimum absolute atomic E-state index is 0.899. The number of anilines is 3. The molecule has 4 heteroatoms. The summed E-state index contributed by atoms with van der Waals surface area (Å²) in [4.78, 5) is 2.41. The van der Waals surface area contributed by atoms with Crippen LogP contribution in [0, 0.1) is 0 Å². The van der Waals surface area contributed by atoms with Crippen LogP contribution in [0.2, 0.25) is 0 Å². The Morgan fingerprint density at radius 1 is 0.442 bits per heavy atom. The molecule has 0 radical (unpaired) electrons. The average molecular weight is 683 g/mol. The number of aromatic nitrogens is 1. The van der Waals surface area contributed by atoms with Crippen molar-refractivity contribution in [2.75, 3.05) is 4.90 Å².